The fraction of sp³-hybridized carbons (Fsp3) is 0.407. The number of ether oxygens (including phenoxy) is 2. The lowest BCUT2D eigenvalue weighted by atomic mass is 9.85. The summed E-state index contributed by atoms with van der Waals surface area (Å²) in [6.45, 7) is 5.85. The molecule has 11 heteroatoms. The highest BCUT2D eigenvalue weighted by molar-refractivity contribution is 5.92. The molecule has 0 spiro atoms. The molecule has 1 unspecified atom stereocenters. The Morgan fingerprint density at radius 3 is 2.58 bits per heavy atom. The second-order valence-electron chi connectivity index (χ2n) is 8.88. The van der Waals surface area contributed by atoms with E-state index in [0.29, 0.717) is 34.6 Å². The number of aliphatic hydroxyl groups is 2. The van der Waals surface area contributed by atoms with Gasteiger partial charge < -0.3 is 30.0 Å². The molecule has 4 heterocycles. The molecule has 10 nitrogen and oxygen atoms in total. The highest BCUT2D eigenvalue weighted by Crippen LogP contribution is 2.41. The van der Waals surface area contributed by atoms with Crippen molar-refractivity contribution in [3.8, 4) is 11.4 Å². The molecule has 2 aromatic heterocycles. The van der Waals surface area contributed by atoms with Gasteiger partial charge in [-0.05, 0) is 48.9 Å². The third-order valence-corrected chi connectivity index (χ3v) is 6.88. The molecular weight excluding hydrogens is 497 g/mol. The van der Waals surface area contributed by atoms with Crippen LogP contribution < -0.4 is 11.3 Å². The first-order valence-corrected chi connectivity index (χ1v) is 12.5. The topological polar surface area (TPSA) is 154 Å². The van der Waals surface area contributed by atoms with Crippen molar-refractivity contribution < 1.29 is 33.7 Å². The summed E-state index contributed by atoms with van der Waals surface area (Å²) in [5.74, 6) is -1.03. The SMILES string of the molecule is CC.Cc1c(F)cc2nc3c(c4c2c1CCC4)Cn1c-3cc2c(c1=O)COC(=O)C2O.NC(=O)OCCO. The van der Waals surface area contributed by atoms with Gasteiger partial charge in [-0.2, -0.15) is 0 Å². The first kappa shape index (κ1) is 27.2. The van der Waals surface area contributed by atoms with Gasteiger partial charge in [0.15, 0.2) is 6.10 Å². The number of pyridine rings is 2. The number of aliphatic hydroxyl groups excluding tert-OH is 2. The second kappa shape index (κ2) is 10.9. The molecule has 1 atom stereocenters. The van der Waals surface area contributed by atoms with Gasteiger partial charge >= 0.3 is 12.1 Å². The number of amides is 1. The summed E-state index contributed by atoms with van der Waals surface area (Å²) in [7, 11) is 0. The molecule has 1 amide bonds. The van der Waals surface area contributed by atoms with Crippen LogP contribution in [-0.4, -0.2) is 45.0 Å². The Bertz CT molecular complexity index is 1500. The Kier molecular flexibility index (Phi) is 7.79. The Morgan fingerprint density at radius 1 is 1.21 bits per heavy atom. The van der Waals surface area contributed by atoms with Crippen molar-refractivity contribution in [2.24, 2.45) is 5.73 Å². The van der Waals surface area contributed by atoms with Crippen LogP contribution in [0, 0.1) is 12.7 Å². The fourth-order valence-corrected chi connectivity index (χ4v) is 5.21. The highest BCUT2D eigenvalue weighted by atomic mass is 19.1. The summed E-state index contributed by atoms with van der Waals surface area (Å²) in [6, 6.07) is 3.13. The Labute approximate surface area is 217 Å². The number of aryl methyl sites for hydroxylation is 2. The van der Waals surface area contributed by atoms with Crippen LogP contribution in [0.4, 0.5) is 9.18 Å². The van der Waals surface area contributed by atoms with Crippen LogP contribution in [-0.2, 0) is 40.3 Å². The van der Waals surface area contributed by atoms with E-state index in [0.717, 1.165) is 41.3 Å². The summed E-state index contributed by atoms with van der Waals surface area (Å²) in [5, 5.41) is 19.2. The molecule has 1 aliphatic carbocycles. The first-order valence-electron chi connectivity index (χ1n) is 12.5. The van der Waals surface area contributed by atoms with E-state index in [9.17, 15) is 23.9 Å². The van der Waals surface area contributed by atoms with Crippen molar-refractivity contribution in [3.05, 3.63) is 61.7 Å². The fourth-order valence-electron chi connectivity index (χ4n) is 5.21. The van der Waals surface area contributed by atoms with Gasteiger partial charge in [-0.15, -0.1) is 0 Å². The number of carbonyl (C=O) groups excluding carboxylic acids is 2. The molecule has 0 saturated heterocycles. The molecule has 3 aliphatic rings. The minimum atomic E-state index is -1.48. The van der Waals surface area contributed by atoms with Crippen LogP contribution in [0.15, 0.2) is 16.9 Å². The van der Waals surface area contributed by atoms with E-state index in [-0.39, 0.29) is 36.8 Å². The van der Waals surface area contributed by atoms with Gasteiger partial charge in [-0.3, -0.25) is 4.79 Å². The molecule has 0 saturated carbocycles. The van der Waals surface area contributed by atoms with Gasteiger partial charge in [0.05, 0.1) is 35.6 Å². The quantitative estimate of drug-likeness (QED) is 0.336. The molecular formula is C27H30FN3O7. The summed E-state index contributed by atoms with van der Waals surface area (Å²) in [5.41, 5.74) is 10.4. The number of nitrogens with zero attached hydrogens (tertiary/aromatic N) is 2. The Hall–Kier alpha value is -3.83. The van der Waals surface area contributed by atoms with Gasteiger partial charge in [0.2, 0.25) is 0 Å². The van der Waals surface area contributed by atoms with Crippen LogP contribution in [0.25, 0.3) is 22.3 Å². The summed E-state index contributed by atoms with van der Waals surface area (Å²) in [6.07, 6.45) is 0.263. The van der Waals surface area contributed by atoms with Crippen molar-refractivity contribution in [2.45, 2.75) is 59.3 Å². The molecule has 0 radical (unpaired) electrons. The predicted molar refractivity (Wildman–Crippen MR) is 136 cm³/mol. The van der Waals surface area contributed by atoms with E-state index >= 15 is 0 Å². The number of rotatable bonds is 2. The zero-order valence-corrected chi connectivity index (χ0v) is 21.5. The van der Waals surface area contributed by atoms with Gasteiger partial charge in [0, 0.05) is 22.6 Å². The lowest BCUT2D eigenvalue weighted by molar-refractivity contribution is -0.157. The molecule has 3 aromatic rings. The lowest BCUT2D eigenvalue weighted by Crippen LogP contribution is -2.32. The summed E-state index contributed by atoms with van der Waals surface area (Å²) < 4.78 is 25.1. The minimum absolute atomic E-state index is 0.0185. The number of hydrogen-bond donors (Lipinski definition) is 3. The third kappa shape index (κ3) is 4.52. The molecule has 0 bridgehead atoms. The summed E-state index contributed by atoms with van der Waals surface area (Å²) >= 11 is 0. The number of carbonyl (C=O) groups is 2. The molecule has 4 N–H and O–H groups in total. The van der Waals surface area contributed by atoms with E-state index in [1.54, 1.807) is 17.6 Å². The van der Waals surface area contributed by atoms with E-state index in [1.165, 1.54) is 6.07 Å². The number of nitrogens with two attached hydrogens (primary N) is 1. The average Bonchev–Trinajstić information content (AvgIpc) is 3.29. The number of fused-ring (bicyclic) bond motifs is 5. The minimum Gasteiger partial charge on any atom is -0.458 e. The largest absolute Gasteiger partial charge is 0.458 e. The normalized spacial score (nSPS) is 16.2. The van der Waals surface area contributed by atoms with Gasteiger partial charge in [0.1, 0.15) is 19.0 Å². The molecule has 202 valence electrons. The highest BCUT2D eigenvalue weighted by Gasteiger charge is 2.35. The molecule has 6 rings (SSSR count). The number of aromatic nitrogens is 2. The molecule has 0 fully saturated rings. The number of cyclic esters (lactones) is 1. The number of primary amides is 1. The number of benzene rings is 1. The Morgan fingerprint density at radius 2 is 1.92 bits per heavy atom. The lowest BCUT2D eigenvalue weighted by Gasteiger charge is -2.22. The van der Waals surface area contributed by atoms with Gasteiger partial charge in [0.25, 0.3) is 5.56 Å². The third-order valence-electron chi connectivity index (χ3n) is 6.88. The van der Waals surface area contributed by atoms with Crippen LogP contribution in [0.2, 0.25) is 0 Å². The average molecular weight is 528 g/mol. The zero-order valence-electron chi connectivity index (χ0n) is 21.5. The summed E-state index contributed by atoms with van der Waals surface area (Å²) in [4.78, 5) is 39.2. The maximum Gasteiger partial charge on any atom is 0.404 e. The van der Waals surface area contributed by atoms with E-state index in [1.807, 2.05) is 13.8 Å². The smallest absolute Gasteiger partial charge is 0.404 e. The number of halogens is 1. The van der Waals surface area contributed by atoms with Crippen LogP contribution >= 0.6 is 0 Å². The zero-order chi connectivity index (χ0) is 27.7. The van der Waals surface area contributed by atoms with E-state index in [4.69, 9.17) is 14.8 Å². The maximum atomic E-state index is 14.5. The van der Waals surface area contributed by atoms with E-state index < -0.39 is 18.2 Å². The Balaban J connectivity index is 0.000000328. The van der Waals surface area contributed by atoms with Crippen LogP contribution in [0.3, 0.4) is 0 Å². The van der Waals surface area contributed by atoms with Crippen LogP contribution in [0.1, 0.15) is 59.8 Å². The van der Waals surface area contributed by atoms with Crippen molar-refractivity contribution in [1.29, 1.82) is 0 Å². The van der Waals surface area contributed by atoms with Crippen molar-refractivity contribution in [3.63, 3.8) is 0 Å². The van der Waals surface area contributed by atoms with Crippen molar-refractivity contribution in [1.82, 2.24) is 9.55 Å². The van der Waals surface area contributed by atoms with Gasteiger partial charge in [-0.25, -0.2) is 19.0 Å². The molecule has 1 aromatic carbocycles. The maximum absolute atomic E-state index is 14.5. The van der Waals surface area contributed by atoms with E-state index in [2.05, 4.69) is 10.5 Å². The predicted octanol–water partition coefficient (Wildman–Crippen LogP) is 2.55. The van der Waals surface area contributed by atoms with Crippen molar-refractivity contribution in [2.75, 3.05) is 13.2 Å². The van der Waals surface area contributed by atoms with Gasteiger partial charge in [-0.1, -0.05) is 13.8 Å². The number of esters is 1. The van der Waals surface area contributed by atoms with Crippen molar-refractivity contribution >= 4 is 23.0 Å². The second-order valence-corrected chi connectivity index (χ2v) is 8.88. The molecule has 38 heavy (non-hydrogen) atoms. The monoisotopic (exact) mass is 527 g/mol. The molecule has 2 aliphatic heterocycles. The number of hydrogen-bond acceptors (Lipinski definition) is 8. The standard InChI is InChI=1S/C22H17FN2O4.C3H7NO3.C2H6/c1-9-10-3-2-4-11-13-7-25-17(19(13)24-16(18(10)11)6-15(9)23)5-12-14(21(25)27)8-29-22(28)20(12)26;4-3(6)7-2-1-5;1-2/h5-6,20,26H,2-4,7-8H2,1H3;5H,1-2H2,(H2,4,6);1-2H3. The first-order chi connectivity index (χ1) is 18.2. The van der Waals surface area contributed by atoms with Crippen LogP contribution in [0.5, 0.6) is 0 Å².